The van der Waals surface area contributed by atoms with E-state index in [1.54, 1.807) is 7.11 Å². The number of benzene rings is 1. The Morgan fingerprint density at radius 1 is 1.24 bits per heavy atom. The van der Waals surface area contributed by atoms with Crippen LogP contribution in [0.4, 0.5) is 0 Å². The summed E-state index contributed by atoms with van der Waals surface area (Å²) in [4.78, 5) is 0. The van der Waals surface area contributed by atoms with Crippen molar-refractivity contribution in [3.05, 3.63) is 29.8 Å². The first-order chi connectivity index (χ1) is 10.3. The molecule has 0 saturated heterocycles. The minimum absolute atomic E-state index is 0.126. The maximum absolute atomic E-state index is 6.42. The van der Waals surface area contributed by atoms with Crippen LogP contribution in [0.3, 0.4) is 0 Å². The van der Waals surface area contributed by atoms with Gasteiger partial charge in [-0.3, -0.25) is 0 Å². The van der Waals surface area contributed by atoms with E-state index in [0.29, 0.717) is 6.10 Å². The van der Waals surface area contributed by atoms with Crippen LogP contribution in [0.1, 0.15) is 50.7 Å². The molecule has 0 bridgehead atoms. The molecule has 3 heteroatoms. The summed E-state index contributed by atoms with van der Waals surface area (Å²) in [5, 5.41) is 3.25. The standard InChI is InChI=1S/C18H29NO2/c1-4-14-6-5-7-17(12-14)21-18(13-19-2)15-8-10-16(20-3)11-9-15/h8-11,14,17-19H,4-7,12-13H2,1-3H3. The molecular formula is C18H29NO2. The van der Waals surface area contributed by atoms with E-state index in [0.717, 1.165) is 18.2 Å². The van der Waals surface area contributed by atoms with Crippen LogP contribution in [-0.2, 0) is 4.74 Å². The lowest BCUT2D eigenvalue weighted by Crippen LogP contribution is -2.28. The van der Waals surface area contributed by atoms with Crippen LogP contribution in [-0.4, -0.2) is 26.8 Å². The van der Waals surface area contributed by atoms with E-state index >= 15 is 0 Å². The van der Waals surface area contributed by atoms with Gasteiger partial charge in [0.2, 0.25) is 0 Å². The number of nitrogens with one attached hydrogen (secondary N) is 1. The molecule has 21 heavy (non-hydrogen) atoms. The predicted molar refractivity (Wildman–Crippen MR) is 86.8 cm³/mol. The topological polar surface area (TPSA) is 30.5 Å². The molecule has 3 atom stereocenters. The summed E-state index contributed by atoms with van der Waals surface area (Å²) in [6.45, 7) is 3.14. The average Bonchev–Trinajstić information content (AvgIpc) is 2.55. The van der Waals surface area contributed by atoms with Crippen molar-refractivity contribution in [3.63, 3.8) is 0 Å². The molecule has 1 fully saturated rings. The number of rotatable bonds is 7. The molecule has 1 N–H and O–H groups in total. The molecule has 0 aromatic heterocycles. The highest BCUT2D eigenvalue weighted by molar-refractivity contribution is 5.28. The lowest BCUT2D eigenvalue weighted by atomic mass is 9.85. The molecular weight excluding hydrogens is 262 g/mol. The quantitative estimate of drug-likeness (QED) is 0.825. The Labute approximate surface area is 129 Å². The predicted octanol–water partition coefficient (Wildman–Crippen LogP) is 3.94. The number of methoxy groups -OCH3 is 1. The summed E-state index contributed by atoms with van der Waals surface area (Å²) in [5.41, 5.74) is 1.23. The van der Waals surface area contributed by atoms with E-state index in [4.69, 9.17) is 9.47 Å². The van der Waals surface area contributed by atoms with Crippen molar-refractivity contribution in [2.75, 3.05) is 20.7 Å². The first kappa shape index (κ1) is 16.3. The van der Waals surface area contributed by atoms with Crippen LogP contribution in [0.5, 0.6) is 5.75 Å². The number of likely N-dealkylation sites (N-methyl/N-ethyl adjacent to an activating group) is 1. The Morgan fingerprint density at radius 3 is 2.62 bits per heavy atom. The molecule has 1 aromatic carbocycles. The summed E-state index contributed by atoms with van der Waals surface area (Å²) in [5.74, 6) is 1.74. The number of hydrogen-bond donors (Lipinski definition) is 1. The highest BCUT2D eigenvalue weighted by Gasteiger charge is 2.24. The summed E-state index contributed by atoms with van der Waals surface area (Å²) in [6, 6.07) is 8.25. The Balaban J connectivity index is 2.00. The SMILES string of the molecule is CCC1CCCC(OC(CNC)c2ccc(OC)cc2)C1. The number of ether oxygens (including phenoxy) is 2. The van der Waals surface area contributed by atoms with E-state index in [2.05, 4.69) is 24.4 Å². The summed E-state index contributed by atoms with van der Waals surface area (Å²) >= 11 is 0. The van der Waals surface area contributed by atoms with Crippen molar-refractivity contribution in [2.24, 2.45) is 5.92 Å². The lowest BCUT2D eigenvalue weighted by Gasteiger charge is -2.32. The van der Waals surface area contributed by atoms with Gasteiger partial charge >= 0.3 is 0 Å². The average molecular weight is 291 g/mol. The molecule has 0 spiro atoms. The van der Waals surface area contributed by atoms with E-state index < -0.39 is 0 Å². The first-order valence-corrected chi connectivity index (χ1v) is 8.20. The maximum Gasteiger partial charge on any atom is 0.118 e. The molecule has 1 aromatic rings. The van der Waals surface area contributed by atoms with Crippen molar-refractivity contribution in [3.8, 4) is 5.75 Å². The van der Waals surface area contributed by atoms with Crippen LogP contribution in [0, 0.1) is 5.92 Å². The van der Waals surface area contributed by atoms with Gasteiger partial charge in [-0.25, -0.2) is 0 Å². The van der Waals surface area contributed by atoms with Crippen molar-refractivity contribution < 1.29 is 9.47 Å². The van der Waals surface area contributed by atoms with Gasteiger partial charge in [0.15, 0.2) is 0 Å². The Hall–Kier alpha value is -1.06. The Morgan fingerprint density at radius 2 is 2.00 bits per heavy atom. The second-order valence-electron chi connectivity index (χ2n) is 6.02. The fraction of sp³-hybridized carbons (Fsp3) is 0.667. The molecule has 0 amide bonds. The van der Waals surface area contributed by atoms with Gasteiger partial charge in [-0.2, -0.15) is 0 Å². The molecule has 1 aliphatic carbocycles. The lowest BCUT2D eigenvalue weighted by molar-refractivity contribution is -0.0408. The second kappa shape index (κ2) is 8.40. The van der Waals surface area contributed by atoms with Gasteiger partial charge in [0.25, 0.3) is 0 Å². The highest BCUT2D eigenvalue weighted by atomic mass is 16.5. The van der Waals surface area contributed by atoms with E-state index in [9.17, 15) is 0 Å². The van der Waals surface area contributed by atoms with Gasteiger partial charge in [-0.15, -0.1) is 0 Å². The van der Waals surface area contributed by atoms with E-state index in [-0.39, 0.29) is 6.10 Å². The maximum atomic E-state index is 6.42. The monoisotopic (exact) mass is 291 g/mol. The van der Waals surface area contributed by atoms with Crippen LogP contribution in [0.15, 0.2) is 24.3 Å². The van der Waals surface area contributed by atoms with Crippen LogP contribution < -0.4 is 10.1 Å². The zero-order chi connectivity index (χ0) is 15.1. The van der Waals surface area contributed by atoms with Crippen LogP contribution in [0.2, 0.25) is 0 Å². The largest absolute Gasteiger partial charge is 0.497 e. The normalized spacial score (nSPS) is 23.8. The Bertz CT molecular complexity index is 404. The summed E-state index contributed by atoms with van der Waals surface area (Å²) in [7, 11) is 3.68. The van der Waals surface area contributed by atoms with Crippen LogP contribution >= 0.6 is 0 Å². The molecule has 2 rings (SSSR count). The first-order valence-electron chi connectivity index (χ1n) is 8.20. The van der Waals surface area contributed by atoms with Crippen molar-refractivity contribution in [1.29, 1.82) is 0 Å². The van der Waals surface area contributed by atoms with Gasteiger partial charge in [-0.1, -0.05) is 38.3 Å². The fourth-order valence-electron chi connectivity index (χ4n) is 3.22. The highest BCUT2D eigenvalue weighted by Crippen LogP contribution is 2.32. The zero-order valence-electron chi connectivity index (χ0n) is 13.6. The third-order valence-corrected chi connectivity index (χ3v) is 4.55. The smallest absolute Gasteiger partial charge is 0.118 e. The van der Waals surface area contributed by atoms with Gasteiger partial charge in [0, 0.05) is 6.54 Å². The molecule has 118 valence electrons. The summed E-state index contributed by atoms with van der Waals surface area (Å²) in [6.07, 6.45) is 6.90. The fourth-order valence-corrected chi connectivity index (χ4v) is 3.22. The van der Waals surface area contributed by atoms with Gasteiger partial charge in [0.05, 0.1) is 19.3 Å². The zero-order valence-corrected chi connectivity index (χ0v) is 13.6. The molecule has 3 nitrogen and oxygen atoms in total. The molecule has 0 aliphatic heterocycles. The third kappa shape index (κ3) is 4.72. The van der Waals surface area contributed by atoms with Crippen molar-refractivity contribution >= 4 is 0 Å². The minimum atomic E-state index is 0.126. The van der Waals surface area contributed by atoms with E-state index in [1.165, 1.54) is 37.7 Å². The molecule has 3 unspecified atom stereocenters. The summed E-state index contributed by atoms with van der Waals surface area (Å²) < 4.78 is 11.7. The van der Waals surface area contributed by atoms with Crippen LogP contribution in [0.25, 0.3) is 0 Å². The number of hydrogen-bond acceptors (Lipinski definition) is 3. The van der Waals surface area contributed by atoms with E-state index in [1.807, 2.05) is 19.2 Å². The Kier molecular flexibility index (Phi) is 6.52. The van der Waals surface area contributed by atoms with Gasteiger partial charge < -0.3 is 14.8 Å². The molecule has 1 saturated carbocycles. The molecule has 0 heterocycles. The molecule has 0 radical (unpaired) electrons. The minimum Gasteiger partial charge on any atom is -0.497 e. The van der Waals surface area contributed by atoms with Crippen molar-refractivity contribution in [2.45, 2.75) is 51.2 Å². The van der Waals surface area contributed by atoms with Gasteiger partial charge in [0.1, 0.15) is 5.75 Å². The van der Waals surface area contributed by atoms with Gasteiger partial charge in [-0.05, 0) is 43.5 Å². The molecule has 1 aliphatic rings. The van der Waals surface area contributed by atoms with Crippen molar-refractivity contribution in [1.82, 2.24) is 5.32 Å². The third-order valence-electron chi connectivity index (χ3n) is 4.55. The second-order valence-corrected chi connectivity index (χ2v) is 6.02.